The first kappa shape index (κ1) is 20.5. The summed E-state index contributed by atoms with van der Waals surface area (Å²) in [7, 11) is -3.68. The van der Waals surface area contributed by atoms with Crippen LogP contribution in [0, 0.1) is 13.8 Å². The fourth-order valence-corrected chi connectivity index (χ4v) is 5.35. The van der Waals surface area contributed by atoms with E-state index >= 15 is 0 Å². The number of aromatic nitrogens is 1. The molecule has 156 valence electrons. The Morgan fingerprint density at radius 3 is 2.37 bits per heavy atom. The van der Waals surface area contributed by atoms with E-state index in [4.69, 9.17) is 0 Å². The number of hydrogen-bond acceptors (Lipinski definition) is 4. The molecule has 1 aromatic heterocycles. The maximum atomic E-state index is 13.3. The van der Waals surface area contributed by atoms with Gasteiger partial charge in [-0.05, 0) is 37.1 Å². The van der Waals surface area contributed by atoms with Gasteiger partial charge in [0.15, 0.2) is 0 Å². The topological polar surface area (TPSA) is 70.6 Å². The Kier molecular flexibility index (Phi) is 5.58. The molecule has 0 atom stereocenters. The molecule has 0 spiro atoms. The van der Waals surface area contributed by atoms with Crippen LogP contribution in [0.15, 0.2) is 59.6 Å². The second-order valence-electron chi connectivity index (χ2n) is 7.79. The number of aryl methyl sites for hydroxylation is 2. The van der Waals surface area contributed by atoms with Gasteiger partial charge in [0.25, 0.3) is 0 Å². The molecule has 2 aromatic carbocycles. The molecule has 0 aliphatic carbocycles. The standard InChI is InChI=1S/C23H25N3O3S/c1-17-6-8-19(9-7-17)15-22(27)25-10-12-26(13-11-25)30(28,29)21-5-3-4-20-14-18(2)16-24-23(20)21/h3-9,14,16H,10-13,15H2,1-2H3. The number of rotatable bonds is 4. The highest BCUT2D eigenvalue weighted by Gasteiger charge is 2.31. The summed E-state index contributed by atoms with van der Waals surface area (Å²) in [6, 6.07) is 15.1. The third kappa shape index (κ3) is 4.08. The number of piperazine rings is 1. The second-order valence-corrected chi connectivity index (χ2v) is 9.69. The molecular weight excluding hydrogens is 398 g/mol. The molecule has 0 bridgehead atoms. The van der Waals surface area contributed by atoms with Gasteiger partial charge in [0.2, 0.25) is 15.9 Å². The predicted molar refractivity (Wildman–Crippen MR) is 117 cm³/mol. The lowest BCUT2D eigenvalue weighted by Crippen LogP contribution is -2.50. The van der Waals surface area contributed by atoms with Crippen molar-refractivity contribution >= 4 is 26.8 Å². The minimum Gasteiger partial charge on any atom is -0.340 e. The summed E-state index contributed by atoms with van der Waals surface area (Å²) in [4.78, 5) is 19.0. The molecular formula is C23H25N3O3S. The summed E-state index contributed by atoms with van der Waals surface area (Å²) >= 11 is 0. The fourth-order valence-electron chi connectivity index (χ4n) is 3.76. The van der Waals surface area contributed by atoms with Gasteiger partial charge >= 0.3 is 0 Å². The molecule has 0 radical (unpaired) electrons. The number of sulfonamides is 1. The van der Waals surface area contributed by atoms with Gasteiger partial charge < -0.3 is 4.90 Å². The van der Waals surface area contributed by atoms with Crippen LogP contribution in [0.5, 0.6) is 0 Å². The first-order valence-electron chi connectivity index (χ1n) is 10.0. The second kappa shape index (κ2) is 8.16. The predicted octanol–water partition coefficient (Wildman–Crippen LogP) is 2.93. The number of carbonyl (C=O) groups is 1. The van der Waals surface area contributed by atoms with Gasteiger partial charge in [-0.25, -0.2) is 8.42 Å². The Morgan fingerprint density at radius 2 is 1.67 bits per heavy atom. The molecule has 30 heavy (non-hydrogen) atoms. The SMILES string of the molecule is Cc1ccc(CC(=O)N2CCN(S(=O)(=O)c3cccc4cc(C)cnc34)CC2)cc1. The summed E-state index contributed by atoms with van der Waals surface area (Å²) in [5.41, 5.74) is 3.60. The quantitative estimate of drug-likeness (QED) is 0.647. The number of nitrogens with zero attached hydrogens (tertiary/aromatic N) is 3. The molecule has 3 aromatic rings. The first-order valence-corrected chi connectivity index (χ1v) is 11.5. The zero-order valence-electron chi connectivity index (χ0n) is 17.2. The van der Waals surface area contributed by atoms with E-state index in [-0.39, 0.29) is 23.9 Å². The molecule has 1 aliphatic heterocycles. The Morgan fingerprint density at radius 1 is 0.967 bits per heavy atom. The number of fused-ring (bicyclic) bond motifs is 1. The minimum absolute atomic E-state index is 0.0261. The Balaban J connectivity index is 1.47. The monoisotopic (exact) mass is 423 g/mol. The zero-order valence-corrected chi connectivity index (χ0v) is 18.0. The van der Waals surface area contributed by atoms with Crippen LogP contribution in [0.2, 0.25) is 0 Å². The summed E-state index contributed by atoms with van der Waals surface area (Å²) in [6.45, 7) is 5.29. The van der Waals surface area contributed by atoms with E-state index in [9.17, 15) is 13.2 Å². The summed E-state index contributed by atoms with van der Waals surface area (Å²) in [5, 5.41) is 0.808. The molecule has 4 rings (SSSR count). The maximum absolute atomic E-state index is 13.3. The largest absolute Gasteiger partial charge is 0.340 e. The van der Waals surface area contributed by atoms with E-state index in [1.807, 2.05) is 50.2 Å². The van der Waals surface area contributed by atoms with Crippen LogP contribution in [0.1, 0.15) is 16.7 Å². The van der Waals surface area contributed by atoms with E-state index in [2.05, 4.69) is 4.98 Å². The van der Waals surface area contributed by atoms with E-state index in [1.54, 1.807) is 23.2 Å². The third-order valence-electron chi connectivity index (χ3n) is 5.50. The Bertz CT molecular complexity index is 1180. The lowest BCUT2D eigenvalue weighted by molar-refractivity contribution is -0.131. The van der Waals surface area contributed by atoms with Crippen LogP contribution in [0.4, 0.5) is 0 Å². The molecule has 1 saturated heterocycles. The van der Waals surface area contributed by atoms with Gasteiger partial charge in [-0.1, -0.05) is 42.0 Å². The summed E-state index contributed by atoms with van der Waals surface area (Å²) in [6.07, 6.45) is 2.02. The van der Waals surface area contributed by atoms with Gasteiger partial charge in [0, 0.05) is 37.8 Å². The van der Waals surface area contributed by atoms with Crippen molar-refractivity contribution in [3.05, 3.63) is 71.4 Å². The van der Waals surface area contributed by atoms with Crippen LogP contribution >= 0.6 is 0 Å². The highest BCUT2D eigenvalue weighted by Crippen LogP contribution is 2.25. The lowest BCUT2D eigenvalue weighted by atomic mass is 10.1. The van der Waals surface area contributed by atoms with Crippen molar-refractivity contribution < 1.29 is 13.2 Å². The van der Waals surface area contributed by atoms with Crippen molar-refractivity contribution in [2.75, 3.05) is 26.2 Å². The van der Waals surface area contributed by atoms with Crippen LogP contribution in [0.25, 0.3) is 10.9 Å². The van der Waals surface area contributed by atoms with Gasteiger partial charge in [0.1, 0.15) is 4.90 Å². The average molecular weight is 424 g/mol. The van der Waals surface area contributed by atoms with Crippen LogP contribution in [0.3, 0.4) is 0 Å². The van der Waals surface area contributed by atoms with Gasteiger partial charge in [-0.15, -0.1) is 0 Å². The number of pyridine rings is 1. The molecule has 1 amide bonds. The molecule has 6 nitrogen and oxygen atoms in total. The maximum Gasteiger partial charge on any atom is 0.245 e. The summed E-state index contributed by atoms with van der Waals surface area (Å²) < 4.78 is 28.0. The molecule has 0 N–H and O–H groups in total. The number of carbonyl (C=O) groups excluding carboxylic acids is 1. The van der Waals surface area contributed by atoms with E-state index < -0.39 is 10.0 Å². The number of amides is 1. The smallest absolute Gasteiger partial charge is 0.245 e. The number of para-hydroxylation sites is 1. The van der Waals surface area contributed by atoms with Crippen molar-refractivity contribution in [2.24, 2.45) is 0 Å². The number of benzene rings is 2. The van der Waals surface area contributed by atoms with Crippen molar-refractivity contribution in [1.82, 2.24) is 14.2 Å². The van der Waals surface area contributed by atoms with E-state index in [1.165, 1.54) is 4.31 Å². The number of hydrogen-bond donors (Lipinski definition) is 0. The molecule has 0 saturated carbocycles. The molecule has 0 unspecified atom stereocenters. The molecule has 1 aliphatic rings. The van der Waals surface area contributed by atoms with Gasteiger partial charge in [0.05, 0.1) is 11.9 Å². The zero-order chi connectivity index (χ0) is 21.3. The molecule has 2 heterocycles. The normalized spacial score (nSPS) is 15.5. The minimum atomic E-state index is -3.68. The third-order valence-corrected chi connectivity index (χ3v) is 7.43. The van der Waals surface area contributed by atoms with Crippen LogP contribution < -0.4 is 0 Å². The van der Waals surface area contributed by atoms with Crippen LogP contribution in [-0.4, -0.2) is 54.7 Å². The Labute approximate surface area is 177 Å². The van der Waals surface area contributed by atoms with Gasteiger partial charge in [-0.2, -0.15) is 4.31 Å². The van der Waals surface area contributed by atoms with Crippen molar-refractivity contribution in [1.29, 1.82) is 0 Å². The van der Waals surface area contributed by atoms with Crippen LogP contribution in [-0.2, 0) is 21.2 Å². The van der Waals surface area contributed by atoms with Gasteiger partial charge in [-0.3, -0.25) is 9.78 Å². The lowest BCUT2D eigenvalue weighted by Gasteiger charge is -2.34. The average Bonchev–Trinajstić information content (AvgIpc) is 2.74. The fraction of sp³-hybridized carbons (Fsp3) is 0.304. The van der Waals surface area contributed by atoms with Crippen molar-refractivity contribution in [2.45, 2.75) is 25.2 Å². The molecule has 7 heteroatoms. The van der Waals surface area contributed by atoms with Crippen molar-refractivity contribution in [3.63, 3.8) is 0 Å². The Hall–Kier alpha value is -2.77. The molecule has 1 fully saturated rings. The van der Waals surface area contributed by atoms with Crippen molar-refractivity contribution in [3.8, 4) is 0 Å². The highest BCUT2D eigenvalue weighted by atomic mass is 32.2. The first-order chi connectivity index (χ1) is 14.3. The summed E-state index contributed by atoms with van der Waals surface area (Å²) in [5.74, 6) is 0.0261. The van der Waals surface area contributed by atoms with E-state index in [0.717, 1.165) is 22.1 Å². The van der Waals surface area contributed by atoms with E-state index in [0.29, 0.717) is 25.0 Å². The highest BCUT2D eigenvalue weighted by molar-refractivity contribution is 7.89.